The van der Waals surface area contributed by atoms with Gasteiger partial charge >= 0.3 is 0 Å². The summed E-state index contributed by atoms with van der Waals surface area (Å²) in [5.41, 5.74) is 1.06. The number of rotatable bonds is 4. The Morgan fingerprint density at radius 3 is 2.26 bits per heavy atom. The van der Waals surface area contributed by atoms with Crippen molar-refractivity contribution in [3.05, 3.63) is 35.9 Å². The molecule has 1 aromatic carbocycles. The highest BCUT2D eigenvalue weighted by Crippen LogP contribution is 2.52. The van der Waals surface area contributed by atoms with Gasteiger partial charge in [0, 0.05) is 0 Å². The van der Waals surface area contributed by atoms with Gasteiger partial charge in [0.15, 0.2) is 0 Å². The third-order valence-electron chi connectivity index (χ3n) is 3.75. The van der Waals surface area contributed by atoms with Crippen molar-refractivity contribution in [1.29, 1.82) is 0 Å². The van der Waals surface area contributed by atoms with Gasteiger partial charge in [-0.2, -0.15) is 0 Å². The molecule has 1 heterocycles. The summed E-state index contributed by atoms with van der Waals surface area (Å²) in [7, 11) is -1.34. The standard InChI is InChI=1S/C15H24OS2Si/c1-19(2,3)15(17-10-7-11-18-15)12-14(16)13-8-5-4-6-9-13/h4-6,8-9,14,16H,7,10-12H2,1-3H3. The predicted molar refractivity (Wildman–Crippen MR) is 91.6 cm³/mol. The summed E-state index contributed by atoms with van der Waals surface area (Å²) in [6.45, 7) is 7.32. The summed E-state index contributed by atoms with van der Waals surface area (Å²) in [6, 6.07) is 10.1. The maximum absolute atomic E-state index is 10.6. The quantitative estimate of drug-likeness (QED) is 0.823. The molecule has 0 radical (unpaired) electrons. The van der Waals surface area contributed by atoms with Crippen LogP contribution in [-0.4, -0.2) is 28.4 Å². The Morgan fingerprint density at radius 2 is 1.74 bits per heavy atom. The Hall–Kier alpha value is 0.0969. The maximum atomic E-state index is 10.6. The molecule has 1 atom stereocenters. The van der Waals surface area contributed by atoms with E-state index in [1.54, 1.807) is 0 Å². The molecular weight excluding hydrogens is 288 g/mol. The first-order valence-corrected chi connectivity index (χ1v) is 12.4. The maximum Gasteiger partial charge on any atom is 0.0808 e. The zero-order chi connectivity index (χ0) is 13.9. The Bertz CT molecular complexity index is 396. The van der Waals surface area contributed by atoms with Gasteiger partial charge in [-0.1, -0.05) is 50.0 Å². The highest BCUT2D eigenvalue weighted by Gasteiger charge is 2.46. The predicted octanol–water partition coefficient (Wildman–Crippen LogP) is 4.55. The van der Waals surface area contributed by atoms with Crippen molar-refractivity contribution < 1.29 is 5.11 Å². The fourth-order valence-electron chi connectivity index (χ4n) is 2.48. The lowest BCUT2D eigenvalue weighted by molar-refractivity contribution is 0.169. The summed E-state index contributed by atoms with van der Waals surface area (Å²) in [5.74, 6) is 2.50. The van der Waals surface area contributed by atoms with Crippen molar-refractivity contribution in [1.82, 2.24) is 0 Å². The minimum atomic E-state index is -1.34. The van der Waals surface area contributed by atoms with E-state index >= 15 is 0 Å². The zero-order valence-corrected chi connectivity index (χ0v) is 14.7. The molecule has 1 nitrogen and oxygen atoms in total. The number of hydrogen-bond acceptors (Lipinski definition) is 3. The summed E-state index contributed by atoms with van der Waals surface area (Å²) in [5, 5.41) is 10.6. The lowest BCUT2D eigenvalue weighted by Gasteiger charge is -2.46. The van der Waals surface area contributed by atoms with Gasteiger partial charge < -0.3 is 5.11 Å². The molecule has 0 aromatic heterocycles. The molecular formula is C15H24OS2Si. The number of aliphatic hydroxyl groups is 1. The van der Waals surface area contributed by atoms with Crippen molar-refractivity contribution in [3.8, 4) is 0 Å². The molecule has 19 heavy (non-hydrogen) atoms. The highest BCUT2D eigenvalue weighted by molar-refractivity contribution is 8.21. The van der Waals surface area contributed by atoms with Crippen molar-refractivity contribution >= 4 is 31.6 Å². The number of aliphatic hydroxyl groups excluding tert-OH is 1. The molecule has 1 saturated heterocycles. The number of benzene rings is 1. The van der Waals surface area contributed by atoms with Crippen LogP contribution in [0.15, 0.2) is 30.3 Å². The second-order valence-electron chi connectivity index (χ2n) is 6.18. The van der Waals surface area contributed by atoms with Gasteiger partial charge in [0.1, 0.15) is 0 Å². The van der Waals surface area contributed by atoms with E-state index in [0.717, 1.165) is 12.0 Å². The van der Waals surface area contributed by atoms with Crippen LogP contribution >= 0.6 is 23.5 Å². The van der Waals surface area contributed by atoms with E-state index in [2.05, 4.69) is 43.2 Å². The van der Waals surface area contributed by atoms with E-state index in [-0.39, 0.29) is 9.81 Å². The van der Waals surface area contributed by atoms with E-state index in [9.17, 15) is 5.11 Å². The van der Waals surface area contributed by atoms with Gasteiger partial charge in [-0.05, 0) is 29.9 Å². The fraction of sp³-hybridized carbons (Fsp3) is 0.600. The molecule has 0 saturated carbocycles. The van der Waals surface area contributed by atoms with Crippen molar-refractivity contribution in [3.63, 3.8) is 0 Å². The van der Waals surface area contributed by atoms with Crippen LogP contribution in [0.5, 0.6) is 0 Å². The second-order valence-corrected chi connectivity index (χ2v) is 15.3. The fourth-order valence-corrected chi connectivity index (χ4v) is 10.2. The average molecular weight is 313 g/mol. The molecule has 1 aliphatic heterocycles. The summed E-state index contributed by atoms with van der Waals surface area (Å²) in [6.07, 6.45) is 1.87. The second kappa shape index (κ2) is 6.25. The van der Waals surface area contributed by atoms with Crippen LogP contribution in [0, 0.1) is 0 Å². The molecule has 0 bridgehead atoms. The first-order valence-electron chi connectivity index (χ1n) is 6.95. The van der Waals surface area contributed by atoms with Crippen molar-refractivity contribution in [2.75, 3.05) is 11.5 Å². The summed E-state index contributed by atoms with van der Waals surface area (Å²) >= 11 is 4.21. The SMILES string of the molecule is C[Si](C)(C)C1(CC(O)c2ccccc2)SCCCS1. The van der Waals surface area contributed by atoms with Crippen LogP contribution in [0.1, 0.15) is 24.5 Å². The lowest BCUT2D eigenvalue weighted by atomic mass is 10.1. The van der Waals surface area contributed by atoms with Gasteiger partial charge in [0.05, 0.1) is 17.9 Å². The van der Waals surface area contributed by atoms with Crippen LogP contribution in [0.25, 0.3) is 0 Å². The average Bonchev–Trinajstić information content (AvgIpc) is 2.39. The van der Waals surface area contributed by atoms with E-state index in [1.165, 1.54) is 17.9 Å². The monoisotopic (exact) mass is 312 g/mol. The van der Waals surface area contributed by atoms with Gasteiger partial charge in [-0.3, -0.25) is 0 Å². The van der Waals surface area contributed by atoms with Crippen LogP contribution in [0.4, 0.5) is 0 Å². The van der Waals surface area contributed by atoms with Crippen LogP contribution < -0.4 is 0 Å². The van der Waals surface area contributed by atoms with Gasteiger partial charge in [-0.15, -0.1) is 23.5 Å². The third kappa shape index (κ3) is 3.60. The first kappa shape index (κ1) is 15.5. The summed E-state index contributed by atoms with van der Waals surface area (Å²) in [4.78, 5) is 0. The Morgan fingerprint density at radius 1 is 1.16 bits per heavy atom. The van der Waals surface area contributed by atoms with Gasteiger partial charge in [0.2, 0.25) is 0 Å². The highest BCUT2D eigenvalue weighted by atomic mass is 32.2. The normalized spacial score (nSPS) is 21.1. The molecule has 1 aromatic rings. The van der Waals surface area contributed by atoms with E-state index in [4.69, 9.17) is 0 Å². The van der Waals surface area contributed by atoms with Crippen molar-refractivity contribution in [2.24, 2.45) is 0 Å². The minimum absolute atomic E-state index is 0.264. The summed E-state index contributed by atoms with van der Waals surface area (Å²) < 4.78 is 0.264. The molecule has 0 aliphatic carbocycles. The molecule has 2 rings (SSSR count). The molecule has 106 valence electrons. The van der Waals surface area contributed by atoms with Gasteiger partial charge in [-0.25, -0.2) is 0 Å². The Kier molecular flexibility index (Phi) is 5.09. The van der Waals surface area contributed by atoms with E-state index < -0.39 is 8.07 Å². The molecule has 1 unspecified atom stereocenters. The van der Waals surface area contributed by atoms with E-state index in [0.29, 0.717) is 0 Å². The number of hydrogen-bond donors (Lipinski definition) is 1. The topological polar surface area (TPSA) is 20.2 Å². The Labute approximate surface area is 126 Å². The number of thioether (sulfide) groups is 2. The third-order valence-corrected chi connectivity index (χ3v) is 13.7. The van der Waals surface area contributed by atoms with Crippen LogP contribution in [0.3, 0.4) is 0 Å². The Balaban J connectivity index is 2.17. The van der Waals surface area contributed by atoms with Crippen molar-refractivity contribution in [2.45, 2.75) is 42.3 Å². The minimum Gasteiger partial charge on any atom is -0.388 e. The van der Waals surface area contributed by atoms with Crippen LogP contribution in [-0.2, 0) is 0 Å². The van der Waals surface area contributed by atoms with Gasteiger partial charge in [0.25, 0.3) is 0 Å². The van der Waals surface area contributed by atoms with Crippen LogP contribution in [0.2, 0.25) is 19.6 Å². The molecule has 1 N–H and O–H groups in total. The largest absolute Gasteiger partial charge is 0.388 e. The lowest BCUT2D eigenvalue weighted by Crippen LogP contribution is -2.49. The smallest absolute Gasteiger partial charge is 0.0808 e. The van der Waals surface area contributed by atoms with E-state index in [1.807, 2.05) is 30.3 Å². The molecule has 1 fully saturated rings. The zero-order valence-electron chi connectivity index (χ0n) is 12.1. The molecule has 4 heteroatoms. The first-order chi connectivity index (χ1) is 8.95. The molecule has 0 amide bonds. The molecule has 1 aliphatic rings. The molecule has 0 spiro atoms.